The Bertz CT molecular complexity index is 840. The van der Waals surface area contributed by atoms with Crippen LogP contribution in [0.1, 0.15) is 28.8 Å². The van der Waals surface area contributed by atoms with Gasteiger partial charge in [0.1, 0.15) is 0 Å². The monoisotopic (exact) mass is 393 g/mol. The van der Waals surface area contributed by atoms with Crippen LogP contribution in [0.5, 0.6) is 0 Å². The van der Waals surface area contributed by atoms with E-state index in [1.165, 1.54) is 6.07 Å². The predicted molar refractivity (Wildman–Crippen MR) is 101 cm³/mol. The summed E-state index contributed by atoms with van der Waals surface area (Å²) in [5.41, 5.74) is 6.27. The number of carbonyl (C=O) groups excluding carboxylic acids is 3. The summed E-state index contributed by atoms with van der Waals surface area (Å²) in [6.45, 7) is 1.79. The molecule has 0 unspecified atom stereocenters. The molecule has 136 valence electrons. The van der Waals surface area contributed by atoms with Crippen LogP contribution in [-0.4, -0.2) is 17.7 Å². The van der Waals surface area contributed by atoms with Crippen LogP contribution in [-0.2, 0) is 9.59 Å². The maximum atomic E-state index is 12.0. The molecule has 0 saturated heterocycles. The molecular formula is C18H17Cl2N3O3. The molecule has 3 N–H and O–H groups in total. The van der Waals surface area contributed by atoms with E-state index < -0.39 is 11.8 Å². The van der Waals surface area contributed by atoms with Crippen molar-refractivity contribution in [3.05, 3.63) is 63.6 Å². The number of aryl methyl sites for hydroxylation is 1. The van der Waals surface area contributed by atoms with E-state index in [0.29, 0.717) is 21.3 Å². The maximum absolute atomic E-state index is 12.0. The van der Waals surface area contributed by atoms with Crippen LogP contribution in [0.2, 0.25) is 10.0 Å². The van der Waals surface area contributed by atoms with Gasteiger partial charge in [0.15, 0.2) is 0 Å². The second kappa shape index (κ2) is 9.22. The summed E-state index contributed by atoms with van der Waals surface area (Å²) in [6, 6.07) is 11.7. The Kier molecular flexibility index (Phi) is 7.00. The van der Waals surface area contributed by atoms with Gasteiger partial charge in [0.2, 0.25) is 11.8 Å². The molecule has 3 amide bonds. The topological polar surface area (TPSA) is 87.3 Å². The summed E-state index contributed by atoms with van der Waals surface area (Å²) in [5, 5.41) is 3.36. The van der Waals surface area contributed by atoms with Crippen molar-refractivity contribution in [3.8, 4) is 0 Å². The fourth-order valence-electron chi connectivity index (χ4n) is 2.11. The van der Waals surface area contributed by atoms with Gasteiger partial charge in [0.05, 0.1) is 10.7 Å². The van der Waals surface area contributed by atoms with Crippen LogP contribution >= 0.6 is 23.2 Å². The van der Waals surface area contributed by atoms with Gasteiger partial charge in [-0.05, 0) is 36.8 Å². The molecule has 26 heavy (non-hydrogen) atoms. The van der Waals surface area contributed by atoms with Gasteiger partial charge in [-0.1, -0.05) is 41.4 Å². The Hall–Kier alpha value is -2.57. The number of halogens is 2. The van der Waals surface area contributed by atoms with Crippen LogP contribution in [0.25, 0.3) is 0 Å². The number of benzene rings is 2. The van der Waals surface area contributed by atoms with Crippen LogP contribution < -0.4 is 16.2 Å². The molecule has 0 aromatic heterocycles. The molecule has 0 atom stereocenters. The number of hydrazine groups is 1. The molecule has 0 saturated carbocycles. The number of carbonyl (C=O) groups is 3. The van der Waals surface area contributed by atoms with Crippen LogP contribution in [0.15, 0.2) is 42.5 Å². The Morgan fingerprint density at radius 3 is 2.31 bits per heavy atom. The molecule has 0 aliphatic heterocycles. The first-order valence-corrected chi connectivity index (χ1v) is 8.52. The van der Waals surface area contributed by atoms with Gasteiger partial charge in [-0.3, -0.25) is 25.2 Å². The summed E-state index contributed by atoms with van der Waals surface area (Å²) >= 11 is 11.8. The third kappa shape index (κ3) is 5.75. The van der Waals surface area contributed by atoms with Gasteiger partial charge in [-0.25, -0.2) is 0 Å². The summed E-state index contributed by atoms with van der Waals surface area (Å²) in [4.78, 5) is 35.7. The second-order valence-corrected chi connectivity index (χ2v) is 6.33. The van der Waals surface area contributed by atoms with Crippen molar-refractivity contribution in [1.29, 1.82) is 0 Å². The average Bonchev–Trinajstić information content (AvgIpc) is 2.60. The zero-order valence-electron chi connectivity index (χ0n) is 13.9. The zero-order valence-corrected chi connectivity index (χ0v) is 15.4. The van der Waals surface area contributed by atoms with E-state index in [9.17, 15) is 14.4 Å². The molecule has 2 aromatic carbocycles. The van der Waals surface area contributed by atoms with Crippen molar-refractivity contribution >= 4 is 46.6 Å². The Balaban J connectivity index is 1.77. The first-order chi connectivity index (χ1) is 12.4. The minimum atomic E-state index is -0.482. The van der Waals surface area contributed by atoms with Crippen molar-refractivity contribution in [2.75, 3.05) is 5.32 Å². The highest BCUT2D eigenvalue weighted by atomic mass is 35.5. The third-order valence-electron chi connectivity index (χ3n) is 3.49. The summed E-state index contributed by atoms with van der Waals surface area (Å²) in [7, 11) is 0. The van der Waals surface area contributed by atoms with Gasteiger partial charge >= 0.3 is 0 Å². The summed E-state index contributed by atoms with van der Waals surface area (Å²) in [5.74, 6) is -1.28. The van der Waals surface area contributed by atoms with Crippen molar-refractivity contribution < 1.29 is 14.4 Å². The van der Waals surface area contributed by atoms with Gasteiger partial charge in [-0.15, -0.1) is 0 Å². The predicted octanol–water partition coefficient (Wildman–Crippen LogP) is 3.48. The van der Waals surface area contributed by atoms with Gasteiger partial charge in [0.25, 0.3) is 5.91 Å². The van der Waals surface area contributed by atoms with Crippen molar-refractivity contribution in [3.63, 3.8) is 0 Å². The molecule has 0 fully saturated rings. The van der Waals surface area contributed by atoms with E-state index in [1.54, 1.807) is 37.3 Å². The minimum Gasteiger partial charge on any atom is -0.325 e. The highest BCUT2D eigenvalue weighted by Gasteiger charge is 2.12. The van der Waals surface area contributed by atoms with Gasteiger partial charge in [-0.2, -0.15) is 0 Å². The molecule has 6 nitrogen and oxygen atoms in total. The average molecular weight is 394 g/mol. The Morgan fingerprint density at radius 1 is 0.923 bits per heavy atom. The van der Waals surface area contributed by atoms with Crippen LogP contribution in [0.3, 0.4) is 0 Å². The number of hydrogen-bond acceptors (Lipinski definition) is 3. The normalized spacial score (nSPS) is 10.1. The lowest BCUT2D eigenvalue weighted by atomic mass is 10.1. The molecule has 0 radical (unpaired) electrons. The quantitative estimate of drug-likeness (QED) is 0.679. The highest BCUT2D eigenvalue weighted by molar-refractivity contribution is 6.36. The lowest BCUT2D eigenvalue weighted by molar-refractivity contribution is -0.124. The number of nitrogens with one attached hydrogen (secondary N) is 3. The van der Waals surface area contributed by atoms with Crippen molar-refractivity contribution in [2.45, 2.75) is 19.8 Å². The van der Waals surface area contributed by atoms with Crippen molar-refractivity contribution in [2.24, 2.45) is 0 Å². The van der Waals surface area contributed by atoms with E-state index in [1.807, 2.05) is 6.07 Å². The summed E-state index contributed by atoms with van der Waals surface area (Å²) in [6.07, 6.45) is -0.157. The molecule has 0 aliphatic carbocycles. The Labute approximate surface area is 160 Å². The third-order valence-corrected chi connectivity index (χ3v) is 4.04. The van der Waals surface area contributed by atoms with E-state index in [0.717, 1.165) is 5.56 Å². The van der Waals surface area contributed by atoms with Gasteiger partial charge in [0, 0.05) is 23.4 Å². The standard InChI is InChI=1S/C18H17Cl2N3O3/c1-11-4-2-3-5-13(11)18(26)23-22-17(25)9-8-16(24)21-15-7-6-12(19)10-14(15)20/h2-7,10H,8-9H2,1H3,(H,21,24)(H,22,25)(H,23,26). The molecule has 2 rings (SSSR count). The van der Waals surface area contributed by atoms with E-state index in [-0.39, 0.29) is 18.7 Å². The fraction of sp³-hybridized carbons (Fsp3) is 0.167. The van der Waals surface area contributed by atoms with Crippen LogP contribution in [0.4, 0.5) is 5.69 Å². The van der Waals surface area contributed by atoms with Crippen molar-refractivity contribution in [1.82, 2.24) is 10.9 Å². The fourth-order valence-corrected chi connectivity index (χ4v) is 2.57. The maximum Gasteiger partial charge on any atom is 0.269 e. The van der Waals surface area contributed by atoms with E-state index in [2.05, 4.69) is 16.2 Å². The molecule has 0 spiro atoms. The molecule has 0 heterocycles. The Morgan fingerprint density at radius 2 is 1.62 bits per heavy atom. The number of hydrogen-bond donors (Lipinski definition) is 3. The lowest BCUT2D eigenvalue weighted by Gasteiger charge is -2.10. The first kappa shape index (κ1) is 19.8. The first-order valence-electron chi connectivity index (χ1n) is 7.76. The number of anilines is 1. The largest absolute Gasteiger partial charge is 0.325 e. The smallest absolute Gasteiger partial charge is 0.269 e. The summed E-state index contributed by atoms with van der Waals surface area (Å²) < 4.78 is 0. The SMILES string of the molecule is Cc1ccccc1C(=O)NNC(=O)CCC(=O)Nc1ccc(Cl)cc1Cl. The number of rotatable bonds is 5. The number of amides is 3. The van der Waals surface area contributed by atoms with E-state index in [4.69, 9.17) is 23.2 Å². The van der Waals surface area contributed by atoms with Gasteiger partial charge < -0.3 is 5.32 Å². The molecule has 0 aliphatic rings. The molecular weight excluding hydrogens is 377 g/mol. The molecule has 0 bridgehead atoms. The van der Waals surface area contributed by atoms with Crippen LogP contribution in [0, 0.1) is 6.92 Å². The molecule has 2 aromatic rings. The highest BCUT2D eigenvalue weighted by Crippen LogP contribution is 2.25. The second-order valence-electron chi connectivity index (χ2n) is 5.49. The minimum absolute atomic E-state index is 0.0645. The van der Waals surface area contributed by atoms with E-state index >= 15 is 0 Å². The lowest BCUT2D eigenvalue weighted by Crippen LogP contribution is -2.42. The molecule has 8 heteroatoms. The zero-order chi connectivity index (χ0) is 19.1.